The highest BCUT2D eigenvalue weighted by atomic mass is 16.3. The summed E-state index contributed by atoms with van der Waals surface area (Å²) < 4.78 is 0. The maximum absolute atomic E-state index is 11.1. The highest BCUT2D eigenvalue weighted by Gasteiger charge is 2.38. The third kappa shape index (κ3) is 2.18. The lowest BCUT2D eigenvalue weighted by atomic mass is 10.0. The largest absolute Gasteiger partial charge is 0.388 e. The van der Waals surface area contributed by atoms with Gasteiger partial charge in [-0.05, 0) is 31.6 Å². The van der Waals surface area contributed by atoms with Crippen LogP contribution >= 0.6 is 0 Å². The van der Waals surface area contributed by atoms with E-state index in [4.69, 9.17) is 0 Å². The van der Waals surface area contributed by atoms with Crippen LogP contribution in [0.2, 0.25) is 0 Å². The van der Waals surface area contributed by atoms with Crippen LogP contribution in [0.4, 0.5) is 0 Å². The number of rotatable bonds is 0. The second-order valence-electron chi connectivity index (χ2n) is 5.85. The van der Waals surface area contributed by atoms with Crippen LogP contribution in [0.5, 0.6) is 0 Å². The van der Waals surface area contributed by atoms with E-state index in [9.17, 15) is 24.3 Å². The molecule has 22 heavy (non-hydrogen) atoms. The lowest BCUT2D eigenvalue weighted by molar-refractivity contribution is -0.126. The Morgan fingerprint density at radius 3 is 1.86 bits per heavy atom. The van der Waals surface area contributed by atoms with E-state index in [-0.39, 0.29) is 29.2 Å². The Kier molecular flexibility index (Phi) is 3.44. The number of amides is 4. The number of aliphatic hydroxyl groups is 1. The summed E-state index contributed by atoms with van der Waals surface area (Å²) in [4.78, 5) is 43.9. The summed E-state index contributed by atoms with van der Waals surface area (Å²) in [5, 5.41) is 13.7. The van der Waals surface area contributed by atoms with Crippen molar-refractivity contribution >= 4 is 23.6 Å². The fourth-order valence-corrected chi connectivity index (χ4v) is 3.31. The molecule has 0 aromatic heterocycles. The molecule has 2 aliphatic carbocycles. The van der Waals surface area contributed by atoms with Crippen molar-refractivity contribution < 1.29 is 24.3 Å². The number of aliphatic hydroxyl groups excluding tert-OH is 1. The number of nitrogens with one attached hydrogen (secondary N) is 2. The van der Waals surface area contributed by atoms with E-state index in [2.05, 4.69) is 10.6 Å². The average Bonchev–Trinajstić information content (AvgIpc) is 3.14. The van der Waals surface area contributed by atoms with Crippen LogP contribution in [0, 0.1) is 5.92 Å². The fourth-order valence-electron chi connectivity index (χ4n) is 3.31. The molecule has 0 aromatic rings. The maximum Gasteiger partial charge on any atom is 0.257 e. The van der Waals surface area contributed by atoms with Gasteiger partial charge < -0.3 is 5.11 Å². The minimum absolute atomic E-state index is 0.171. The molecule has 7 nitrogen and oxygen atoms in total. The third-order valence-electron chi connectivity index (χ3n) is 4.46. The highest BCUT2D eigenvalue weighted by Crippen LogP contribution is 2.34. The molecule has 4 aliphatic rings. The lowest BCUT2D eigenvalue weighted by Gasteiger charge is -2.02. The topological polar surface area (TPSA) is 113 Å². The maximum atomic E-state index is 11.1. The van der Waals surface area contributed by atoms with Crippen molar-refractivity contribution in [2.45, 2.75) is 38.7 Å². The lowest BCUT2D eigenvalue weighted by Crippen LogP contribution is -2.27. The Morgan fingerprint density at radius 2 is 1.32 bits per heavy atom. The van der Waals surface area contributed by atoms with Gasteiger partial charge in [0.05, 0.1) is 11.7 Å². The molecule has 0 unspecified atom stereocenters. The average molecular weight is 304 g/mol. The van der Waals surface area contributed by atoms with Gasteiger partial charge in [-0.25, -0.2) is 0 Å². The molecule has 4 rings (SSSR count). The first-order valence-electron chi connectivity index (χ1n) is 7.25. The molecule has 0 aromatic carbocycles. The third-order valence-corrected chi connectivity index (χ3v) is 4.46. The number of carbonyl (C=O) groups excluding carboxylic acids is 4. The summed E-state index contributed by atoms with van der Waals surface area (Å²) in [7, 11) is 0. The van der Waals surface area contributed by atoms with Crippen LogP contribution in [0.3, 0.4) is 0 Å². The first-order valence-corrected chi connectivity index (χ1v) is 7.25. The van der Waals surface area contributed by atoms with E-state index in [1.807, 2.05) is 6.92 Å². The number of hydrogen-bond donors (Lipinski definition) is 3. The molecule has 2 heterocycles. The van der Waals surface area contributed by atoms with E-state index in [0.29, 0.717) is 18.4 Å². The zero-order valence-electron chi connectivity index (χ0n) is 12.1. The summed E-state index contributed by atoms with van der Waals surface area (Å²) in [6, 6.07) is 0. The molecule has 0 spiro atoms. The second-order valence-corrected chi connectivity index (χ2v) is 5.85. The van der Waals surface area contributed by atoms with Crippen molar-refractivity contribution in [3.63, 3.8) is 0 Å². The van der Waals surface area contributed by atoms with Crippen molar-refractivity contribution in [1.29, 1.82) is 0 Å². The van der Waals surface area contributed by atoms with Crippen LogP contribution in [-0.4, -0.2) is 34.8 Å². The molecule has 3 N–H and O–H groups in total. The number of imide groups is 2. The molecule has 2 atom stereocenters. The van der Waals surface area contributed by atoms with Crippen LogP contribution in [0.25, 0.3) is 0 Å². The van der Waals surface area contributed by atoms with Crippen molar-refractivity contribution in [1.82, 2.24) is 10.6 Å². The van der Waals surface area contributed by atoms with Crippen molar-refractivity contribution in [2.24, 2.45) is 5.92 Å². The Hall–Kier alpha value is -2.28. The first-order chi connectivity index (χ1) is 10.4. The smallest absolute Gasteiger partial charge is 0.257 e. The van der Waals surface area contributed by atoms with Gasteiger partial charge in [-0.15, -0.1) is 0 Å². The van der Waals surface area contributed by atoms with Crippen molar-refractivity contribution in [2.75, 3.05) is 0 Å². The Balaban J connectivity index is 0.000000131. The number of hydrogen-bond acceptors (Lipinski definition) is 5. The van der Waals surface area contributed by atoms with E-state index >= 15 is 0 Å². The molecule has 0 radical (unpaired) electrons. The fraction of sp³-hybridized carbons (Fsp3) is 0.467. The minimum atomic E-state index is -0.726. The van der Waals surface area contributed by atoms with E-state index in [1.165, 1.54) is 0 Å². The Labute approximate surface area is 126 Å². The molecule has 0 saturated heterocycles. The van der Waals surface area contributed by atoms with Gasteiger partial charge in [0.15, 0.2) is 0 Å². The van der Waals surface area contributed by atoms with Gasteiger partial charge >= 0.3 is 0 Å². The second kappa shape index (κ2) is 5.17. The standard InChI is InChI=1S/C8H9NO2.C7H7NO3/c1-4-2-3-5-6(4)8(11)9-7(5)10;9-4-2-1-3-5(4)7(11)8-6(3)10/h4H,2-3H2,1H3,(H,9,10,11);4,9H,1-2H2,(H,8,10,11)/t2*4-/m01/s1. The molecule has 0 saturated carbocycles. The predicted octanol–water partition coefficient (Wildman–Crippen LogP) is -0.537. The summed E-state index contributed by atoms with van der Waals surface area (Å²) in [5.41, 5.74) is 2.22. The Morgan fingerprint density at radius 1 is 0.818 bits per heavy atom. The molecule has 0 bridgehead atoms. The zero-order chi connectivity index (χ0) is 16.0. The highest BCUT2D eigenvalue weighted by molar-refractivity contribution is 6.21. The van der Waals surface area contributed by atoms with E-state index in [1.54, 1.807) is 0 Å². The minimum Gasteiger partial charge on any atom is -0.388 e. The summed E-state index contributed by atoms with van der Waals surface area (Å²) in [6.07, 6.45) is 2.02. The van der Waals surface area contributed by atoms with Gasteiger partial charge in [-0.3, -0.25) is 29.8 Å². The summed E-state index contributed by atoms with van der Waals surface area (Å²) in [6.45, 7) is 1.99. The quantitative estimate of drug-likeness (QED) is 0.520. The molecular formula is C15H16N2O5. The molecule has 7 heteroatoms. The van der Waals surface area contributed by atoms with Gasteiger partial charge in [0.2, 0.25) is 0 Å². The summed E-state index contributed by atoms with van der Waals surface area (Å²) in [5.74, 6) is -0.822. The molecule has 0 fully saturated rings. The molecular weight excluding hydrogens is 288 g/mol. The van der Waals surface area contributed by atoms with Crippen molar-refractivity contribution in [3.8, 4) is 0 Å². The van der Waals surface area contributed by atoms with Gasteiger partial charge in [-0.2, -0.15) is 0 Å². The Bertz CT molecular complexity index is 615. The molecule has 4 amide bonds. The summed E-state index contributed by atoms with van der Waals surface area (Å²) >= 11 is 0. The SMILES string of the molecule is C[C@H]1CCC2=C1C(=O)NC2=O.O=C1NC(=O)C2=C1CC[C@H]2O. The van der Waals surface area contributed by atoms with Gasteiger partial charge in [0.25, 0.3) is 23.6 Å². The number of carbonyl (C=O) groups is 4. The van der Waals surface area contributed by atoms with Gasteiger partial charge in [0, 0.05) is 16.7 Å². The molecule has 116 valence electrons. The van der Waals surface area contributed by atoms with E-state index in [0.717, 1.165) is 24.0 Å². The monoisotopic (exact) mass is 304 g/mol. The van der Waals surface area contributed by atoms with Crippen LogP contribution in [0.1, 0.15) is 32.6 Å². The van der Waals surface area contributed by atoms with Crippen LogP contribution in [0.15, 0.2) is 22.3 Å². The molecule has 2 aliphatic heterocycles. The van der Waals surface area contributed by atoms with Crippen molar-refractivity contribution in [3.05, 3.63) is 22.3 Å². The van der Waals surface area contributed by atoms with Gasteiger partial charge in [0.1, 0.15) is 0 Å². The van der Waals surface area contributed by atoms with E-state index < -0.39 is 12.0 Å². The predicted molar refractivity (Wildman–Crippen MR) is 74.0 cm³/mol. The van der Waals surface area contributed by atoms with Gasteiger partial charge in [-0.1, -0.05) is 6.92 Å². The normalized spacial score (nSPS) is 29.4. The zero-order valence-corrected chi connectivity index (χ0v) is 12.1. The first kappa shape index (κ1) is 14.6. The van der Waals surface area contributed by atoms with Crippen LogP contribution in [-0.2, 0) is 19.2 Å². The van der Waals surface area contributed by atoms with Crippen LogP contribution < -0.4 is 10.6 Å².